The van der Waals surface area contributed by atoms with Crippen LogP contribution < -0.4 is 10.1 Å². The van der Waals surface area contributed by atoms with E-state index < -0.39 is 17.9 Å². The molecule has 0 unspecified atom stereocenters. The Morgan fingerprint density at radius 3 is 2.51 bits per heavy atom. The molecule has 188 valence electrons. The molecule has 1 aliphatic rings. The van der Waals surface area contributed by atoms with Gasteiger partial charge in [-0.05, 0) is 42.0 Å². The van der Waals surface area contributed by atoms with Gasteiger partial charge in [0.1, 0.15) is 5.75 Å². The summed E-state index contributed by atoms with van der Waals surface area (Å²) in [5.41, 5.74) is 0.253. The number of hydrogen-bond acceptors (Lipinski definition) is 7. The first-order valence-electron chi connectivity index (χ1n) is 11.3. The maximum atomic E-state index is 13.6. The Labute approximate surface area is 214 Å². The van der Waals surface area contributed by atoms with Gasteiger partial charge in [-0.1, -0.05) is 34.1 Å². The Kier molecular flexibility index (Phi) is 9.85. The van der Waals surface area contributed by atoms with Gasteiger partial charge < -0.3 is 29.4 Å². The van der Waals surface area contributed by atoms with Gasteiger partial charge in [0, 0.05) is 43.7 Å². The lowest BCUT2D eigenvalue weighted by Crippen LogP contribution is -2.50. The maximum absolute atomic E-state index is 13.6. The molecule has 0 bridgehead atoms. The molecular formula is C26H31BrN2O6. The monoisotopic (exact) mass is 546 g/mol. The van der Waals surface area contributed by atoms with E-state index in [2.05, 4.69) is 27.8 Å². The molecule has 0 saturated carbocycles. The summed E-state index contributed by atoms with van der Waals surface area (Å²) in [7, 11) is 3.02. The van der Waals surface area contributed by atoms with Crippen molar-refractivity contribution >= 4 is 27.7 Å². The SMILES string of the molecule is C=CC[C@@]1(C(=O)NCC(OC)OC)N=C(c2ccc(OCCCO)cc2)O[C@@H]1c1ccc(Br)cc1. The van der Waals surface area contributed by atoms with Crippen LogP contribution in [0.3, 0.4) is 0 Å². The van der Waals surface area contributed by atoms with Crippen molar-refractivity contribution < 1.29 is 28.8 Å². The van der Waals surface area contributed by atoms with Gasteiger partial charge in [-0.3, -0.25) is 4.79 Å². The first-order valence-corrected chi connectivity index (χ1v) is 12.1. The minimum Gasteiger partial charge on any atom is -0.494 e. The van der Waals surface area contributed by atoms with Crippen molar-refractivity contribution in [1.29, 1.82) is 0 Å². The Morgan fingerprint density at radius 1 is 1.23 bits per heavy atom. The molecule has 0 fully saturated rings. The molecule has 0 spiro atoms. The van der Waals surface area contributed by atoms with E-state index in [-0.39, 0.29) is 25.5 Å². The number of amides is 1. The molecule has 1 aliphatic heterocycles. The molecule has 1 amide bonds. The third kappa shape index (κ3) is 6.49. The first kappa shape index (κ1) is 26.9. The third-order valence-corrected chi connectivity index (χ3v) is 6.14. The molecular weight excluding hydrogens is 516 g/mol. The van der Waals surface area contributed by atoms with Crippen molar-refractivity contribution in [1.82, 2.24) is 5.32 Å². The van der Waals surface area contributed by atoms with E-state index >= 15 is 0 Å². The second-order valence-electron chi connectivity index (χ2n) is 7.94. The van der Waals surface area contributed by atoms with Gasteiger partial charge in [0.2, 0.25) is 5.90 Å². The Morgan fingerprint density at radius 2 is 1.91 bits per heavy atom. The molecule has 8 nitrogen and oxygen atoms in total. The van der Waals surface area contributed by atoms with Crippen LogP contribution in [0.5, 0.6) is 5.75 Å². The fraction of sp³-hybridized carbons (Fsp3) is 0.385. The number of benzene rings is 2. The molecule has 3 rings (SSSR count). The number of hydrogen-bond donors (Lipinski definition) is 2. The summed E-state index contributed by atoms with van der Waals surface area (Å²) in [5.74, 6) is 0.709. The van der Waals surface area contributed by atoms with Crippen LogP contribution in [-0.4, -0.2) is 62.7 Å². The number of nitrogens with zero attached hydrogens (tertiary/aromatic N) is 1. The summed E-state index contributed by atoms with van der Waals surface area (Å²) in [6.07, 6.45) is 1.22. The molecule has 0 aliphatic carbocycles. The third-order valence-electron chi connectivity index (χ3n) is 5.61. The van der Waals surface area contributed by atoms with E-state index in [0.717, 1.165) is 10.0 Å². The molecule has 2 aromatic rings. The van der Waals surface area contributed by atoms with Gasteiger partial charge in [0.05, 0.1) is 13.2 Å². The fourth-order valence-electron chi connectivity index (χ4n) is 3.76. The average molecular weight is 547 g/mol. The van der Waals surface area contributed by atoms with Gasteiger partial charge in [-0.25, -0.2) is 4.99 Å². The van der Waals surface area contributed by atoms with E-state index in [0.29, 0.717) is 30.2 Å². The Hall–Kier alpha value is -2.72. The zero-order valence-corrected chi connectivity index (χ0v) is 21.5. The van der Waals surface area contributed by atoms with Crippen molar-refractivity contribution in [3.05, 3.63) is 76.8 Å². The average Bonchev–Trinajstić information content (AvgIpc) is 3.26. The zero-order valence-electron chi connectivity index (χ0n) is 19.9. The summed E-state index contributed by atoms with van der Waals surface area (Å²) < 4.78 is 23.3. The summed E-state index contributed by atoms with van der Waals surface area (Å²) in [6.45, 7) is 4.52. The van der Waals surface area contributed by atoms with E-state index in [4.69, 9.17) is 29.0 Å². The second-order valence-corrected chi connectivity index (χ2v) is 8.86. The van der Waals surface area contributed by atoms with Crippen molar-refractivity contribution in [2.45, 2.75) is 30.8 Å². The smallest absolute Gasteiger partial charge is 0.252 e. The van der Waals surface area contributed by atoms with Gasteiger partial charge >= 0.3 is 0 Å². The van der Waals surface area contributed by atoms with Crippen molar-refractivity contribution in [3.8, 4) is 5.75 Å². The zero-order chi connectivity index (χ0) is 25.3. The lowest BCUT2D eigenvalue weighted by Gasteiger charge is -2.30. The van der Waals surface area contributed by atoms with Gasteiger partial charge in [-0.15, -0.1) is 6.58 Å². The van der Waals surface area contributed by atoms with E-state index in [1.54, 1.807) is 6.08 Å². The maximum Gasteiger partial charge on any atom is 0.252 e. The highest BCUT2D eigenvalue weighted by molar-refractivity contribution is 9.10. The van der Waals surface area contributed by atoms with Gasteiger partial charge in [0.25, 0.3) is 5.91 Å². The number of halogens is 1. The molecule has 2 atom stereocenters. The number of aliphatic hydroxyl groups is 1. The summed E-state index contributed by atoms with van der Waals surface area (Å²) in [6, 6.07) is 14.9. The summed E-state index contributed by atoms with van der Waals surface area (Å²) in [4.78, 5) is 18.5. The topological polar surface area (TPSA) is 98.6 Å². The van der Waals surface area contributed by atoms with Crippen LogP contribution in [0.4, 0.5) is 0 Å². The predicted molar refractivity (Wildman–Crippen MR) is 137 cm³/mol. The van der Waals surface area contributed by atoms with Crippen molar-refractivity contribution in [3.63, 3.8) is 0 Å². The molecule has 1 heterocycles. The summed E-state index contributed by atoms with van der Waals surface area (Å²) in [5, 5.41) is 11.8. The number of aliphatic imine (C=N–C) groups is 1. The van der Waals surface area contributed by atoms with Crippen LogP contribution in [0.2, 0.25) is 0 Å². The lowest BCUT2D eigenvalue weighted by atomic mass is 9.84. The fourth-order valence-corrected chi connectivity index (χ4v) is 4.03. The molecule has 0 radical (unpaired) electrons. The molecule has 2 N–H and O–H groups in total. The Bertz CT molecular complexity index is 1010. The van der Waals surface area contributed by atoms with Crippen LogP contribution >= 0.6 is 15.9 Å². The minimum absolute atomic E-state index is 0.0726. The van der Waals surface area contributed by atoms with E-state index in [1.807, 2.05) is 48.5 Å². The van der Waals surface area contributed by atoms with Crippen LogP contribution in [0.25, 0.3) is 0 Å². The lowest BCUT2D eigenvalue weighted by molar-refractivity contribution is -0.134. The number of nitrogens with one attached hydrogen (secondary N) is 1. The highest BCUT2D eigenvalue weighted by atomic mass is 79.9. The molecule has 0 saturated heterocycles. The Balaban J connectivity index is 1.95. The van der Waals surface area contributed by atoms with Gasteiger partial charge in [-0.2, -0.15) is 0 Å². The number of ether oxygens (including phenoxy) is 4. The molecule has 2 aromatic carbocycles. The van der Waals surface area contributed by atoms with Crippen LogP contribution in [0.1, 0.15) is 30.1 Å². The number of methoxy groups -OCH3 is 2. The second kappa shape index (κ2) is 12.8. The highest BCUT2D eigenvalue weighted by Gasteiger charge is 2.52. The van der Waals surface area contributed by atoms with Crippen LogP contribution in [0.15, 0.2) is 70.7 Å². The largest absolute Gasteiger partial charge is 0.494 e. The van der Waals surface area contributed by atoms with Crippen LogP contribution in [0, 0.1) is 0 Å². The van der Waals surface area contributed by atoms with E-state index in [9.17, 15) is 4.79 Å². The minimum atomic E-state index is -1.27. The quantitative estimate of drug-likeness (QED) is 0.225. The number of carbonyl (C=O) groups excluding carboxylic acids is 1. The molecule has 9 heteroatoms. The van der Waals surface area contributed by atoms with Crippen LogP contribution in [-0.2, 0) is 19.0 Å². The summed E-state index contributed by atoms with van der Waals surface area (Å²) >= 11 is 3.46. The highest BCUT2D eigenvalue weighted by Crippen LogP contribution is 2.43. The van der Waals surface area contributed by atoms with Crippen molar-refractivity contribution in [2.75, 3.05) is 34.0 Å². The number of aliphatic hydroxyl groups excluding tert-OH is 1. The molecule has 35 heavy (non-hydrogen) atoms. The van der Waals surface area contributed by atoms with Gasteiger partial charge in [0.15, 0.2) is 17.9 Å². The normalized spacial score (nSPS) is 19.2. The first-order chi connectivity index (χ1) is 17.0. The molecule has 0 aromatic heterocycles. The number of carbonyl (C=O) groups is 1. The standard InChI is InChI=1S/C26H31BrN2O6/c1-4-14-26(25(31)28-17-22(32-2)33-3)23(18-6-10-20(27)11-7-18)35-24(29-26)19-8-12-21(13-9-19)34-16-5-15-30/h4,6-13,22-23,30H,1,5,14-17H2,2-3H3,(H,28,31)/t23-,26-/m1/s1. The van der Waals surface area contributed by atoms with Crippen molar-refractivity contribution in [2.24, 2.45) is 4.99 Å². The predicted octanol–water partition coefficient (Wildman–Crippen LogP) is 3.78. The van der Waals surface area contributed by atoms with E-state index in [1.165, 1.54) is 14.2 Å². The number of rotatable bonds is 13.